The van der Waals surface area contributed by atoms with Crippen molar-refractivity contribution in [3.05, 3.63) is 77.0 Å². The van der Waals surface area contributed by atoms with Crippen molar-refractivity contribution in [2.24, 2.45) is 5.10 Å². The Morgan fingerprint density at radius 1 is 1.11 bits per heavy atom. The minimum Gasteiger partial charge on any atom is -0.426 e. The number of imide groups is 1. The van der Waals surface area contributed by atoms with Crippen molar-refractivity contribution in [3.8, 4) is 11.4 Å². The fourth-order valence-corrected chi connectivity index (χ4v) is 3.84. The van der Waals surface area contributed by atoms with Crippen molar-refractivity contribution in [3.63, 3.8) is 0 Å². The van der Waals surface area contributed by atoms with Crippen molar-refractivity contribution in [2.75, 3.05) is 0 Å². The molecule has 1 unspecified atom stereocenters. The average Bonchev–Trinajstić information content (AvgIpc) is 3.35. The topological polar surface area (TPSA) is 154 Å². The Bertz CT molecular complexity index is 1350. The molecule has 1 aliphatic rings. The summed E-state index contributed by atoms with van der Waals surface area (Å²) in [5.41, 5.74) is 3.10. The molecule has 1 atom stereocenters. The fourth-order valence-electron chi connectivity index (χ4n) is 3.04. The van der Waals surface area contributed by atoms with Gasteiger partial charge in [-0.1, -0.05) is 30.0 Å². The lowest BCUT2D eigenvalue weighted by atomic mass is 10.2. The average molecular weight is 494 g/mol. The van der Waals surface area contributed by atoms with E-state index in [0.717, 1.165) is 16.4 Å². The number of hydrogen-bond acceptors (Lipinski definition) is 9. The molecule has 2 aromatic carbocycles. The Kier molecular flexibility index (Phi) is 7.16. The number of para-hydroxylation sites is 1. The Morgan fingerprint density at radius 3 is 2.54 bits per heavy atom. The van der Waals surface area contributed by atoms with Crippen LogP contribution in [0.1, 0.15) is 12.0 Å². The lowest BCUT2D eigenvalue weighted by Gasteiger charge is -2.06. The van der Waals surface area contributed by atoms with E-state index >= 15 is 0 Å². The van der Waals surface area contributed by atoms with Crippen LogP contribution in [-0.2, 0) is 20.9 Å². The smallest absolute Gasteiger partial charge is 0.350 e. The molecular weight excluding hydrogens is 476 g/mol. The molecule has 1 aliphatic heterocycles. The van der Waals surface area contributed by atoms with E-state index in [1.54, 1.807) is 36.4 Å². The molecule has 35 heavy (non-hydrogen) atoms. The van der Waals surface area contributed by atoms with Crippen LogP contribution in [0.5, 0.6) is 5.75 Å². The van der Waals surface area contributed by atoms with Crippen LogP contribution < -0.4 is 21.2 Å². The summed E-state index contributed by atoms with van der Waals surface area (Å²) in [6.45, 7) is -0.312. The van der Waals surface area contributed by atoms with Gasteiger partial charge in [-0.3, -0.25) is 24.5 Å². The third-order valence-corrected chi connectivity index (χ3v) is 5.68. The summed E-state index contributed by atoms with van der Waals surface area (Å²) < 4.78 is 7.51. The summed E-state index contributed by atoms with van der Waals surface area (Å²) in [7, 11) is 0. The van der Waals surface area contributed by atoms with Gasteiger partial charge in [-0.2, -0.15) is 10.2 Å². The van der Waals surface area contributed by atoms with Gasteiger partial charge in [-0.05, 0) is 42.0 Å². The molecule has 4 rings (SSSR count). The number of rotatable bonds is 8. The second-order valence-electron chi connectivity index (χ2n) is 7.20. The first-order valence-corrected chi connectivity index (χ1v) is 11.1. The standard InChI is InChI=1S/C22H18N6O6S/c29-18(12-28-22(33)27(13-24-28)15-4-2-1-3-5-15)26-23-11-14-6-8-16(9-7-14)34-19(30)10-17-20(31)25-21(32)35-17/h1-9,11,13,17H,10,12H2,(H,26,29)(H,25,31,32)/b23-11-. The van der Waals surface area contributed by atoms with E-state index in [1.165, 1.54) is 29.2 Å². The second kappa shape index (κ2) is 10.6. The van der Waals surface area contributed by atoms with Gasteiger partial charge in [0, 0.05) is 0 Å². The Balaban J connectivity index is 1.26. The molecule has 2 N–H and O–H groups in total. The molecule has 1 saturated heterocycles. The van der Waals surface area contributed by atoms with Gasteiger partial charge < -0.3 is 4.74 Å². The maximum atomic E-state index is 12.4. The number of aromatic nitrogens is 3. The van der Waals surface area contributed by atoms with E-state index < -0.39 is 34.0 Å². The molecule has 0 spiro atoms. The van der Waals surface area contributed by atoms with Crippen LogP contribution >= 0.6 is 11.8 Å². The number of nitrogens with one attached hydrogen (secondary N) is 2. The first-order chi connectivity index (χ1) is 16.9. The van der Waals surface area contributed by atoms with Gasteiger partial charge in [0.1, 0.15) is 23.9 Å². The molecule has 3 amide bonds. The number of carbonyl (C=O) groups is 4. The number of esters is 1. The zero-order chi connectivity index (χ0) is 24.8. The Hall–Kier alpha value is -4.52. The summed E-state index contributed by atoms with van der Waals surface area (Å²) in [4.78, 5) is 59.2. The van der Waals surface area contributed by atoms with E-state index in [4.69, 9.17) is 4.74 Å². The van der Waals surface area contributed by atoms with Gasteiger partial charge in [0.25, 0.3) is 11.1 Å². The monoisotopic (exact) mass is 494 g/mol. The van der Waals surface area contributed by atoms with Crippen LogP contribution in [0.2, 0.25) is 0 Å². The highest BCUT2D eigenvalue weighted by Gasteiger charge is 2.33. The summed E-state index contributed by atoms with van der Waals surface area (Å²) >= 11 is 0.751. The van der Waals surface area contributed by atoms with E-state index in [2.05, 4.69) is 20.9 Å². The number of benzene rings is 2. The zero-order valence-electron chi connectivity index (χ0n) is 18.0. The highest BCUT2D eigenvalue weighted by molar-refractivity contribution is 8.15. The van der Waals surface area contributed by atoms with Crippen molar-refractivity contribution < 1.29 is 23.9 Å². The first-order valence-electron chi connectivity index (χ1n) is 10.2. The highest BCUT2D eigenvalue weighted by Crippen LogP contribution is 2.23. The zero-order valence-corrected chi connectivity index (χ0v) is 18.8. The molecule has 178 valence electrons. The molecular formula is C22H18N6O6S. The van der Waals surface area contributed by atoms with Gasteiger partial charge >= 0.3 is 11.7 Å². The molecule has 0 bridgehead atoms. The minimum absolute atomic E-state index is 0.232. The summed E-state index contributed by atoms with van der Waals surface area (Å²) in [5.74, 6) is -1.45. The summed E-state index contributed by atoms with van der Waals surface area (Å²) in [6, 6.07) is 15.1. The predicted octanol–water partition coefficient (Wildman–Crippen LogP) is 0.831. The van der Waals surface area contributed by atoms with Crippen LogP contribution in [0, 0.1) is 0 Å². The molecule has 0 aliphatic carbocycles. The largest absolute Gasteiger partial charge is 0.426 e. The van der Waals surface area contributed by atoms with Crippen LogP contribution in [0.4, 0.5) is 4.79 Å². The van der Waals surface area contributed by atoms with Gasteiger partial charge in [0.2, 0.25) is 5.91 Å². The number of nitrogens with zero attached hydrogens (tertiary/aromatic N) is 4. The third kappa shape index (κ3) is 6.09. The van der Waals surface area contributed by atoms with E-state index in [-0.39, 0.29) is 18.7 Å². The highest BCUT2D eigenvalue weighted by atomic mass is 32.2. The summed E-state index contributed by atoms with van der Waals surface area (Å²) in [6.07, 6.45) is 2.48. The molecule has 13 heteroatoms. The predicted molar refractivity (Wildman–Crippen MR) is 125 cm³/mol. The molecule has 1 fully saturated rings. The number of hydrogen-bond donors (Lipinski definition) is 2. The van der Waals surface area contributed by atoms with Crippen molar-refractivity contribution in [1.82, 2.24) is 25.1 Å². The lowest BCUT2D eigenvalue weighted by Crippen LogP contribution is -2.31. The van der Waals surface area contributed by atoms with Crippen LogP contribution in [-0.4, -0.2) is 48.8 Å². The molecule has 0 radical (unpaired) electrons. The number of thioether (sulfide) groups is 1. The maximum absolute atomic E-state index is 12.4. The van der Waals surface area contributed by atoms with Gasteiger partial charge in [0.15, 0.2) is 0 Å². The quantitative estimate of drug-likeness (QED) is 0.202. The number of ether oxygens (including phenoxy) is 1. The first kappa shape index (κ1) is 23.6. The van der Waals surface area contributed by atoms with Crippen molar-refractivity contribution in [2.45, 2.75) is 18.2 Å². The lowest BCUT2D eigenvalue weighted by molar-refractivity contribution is -0.135. The van der Waals surface area contributed by atoms with E-state index in [0.29, 0.717) is 11.3 Å². The Morgan fingerprint density at radius 2 is 1.86 bits per heavy atom. The maximum Gasteiger partial charge on any atom is 0.350 e. The number of amides is 3. The molecule has 12 nitrogen and oxygen atoms in total. The fraction of sp³-hybridized carbons (Fsp3) is 0.136. The van der Waals surface area contributed by atoms with Crippen molar-refractivity contribution in [1.29, 1.82) is 0 Å². The van der Waals surface area contributed by atoms with Gasteiger partial charge in [-0.15, -0.1) is 0 Å². The molecule has 2 heterocycles. The molecule has 1 aromatic heterocycles. The summed E-state index contributed by atoms with van der Waals surface area (Å²) in [5, 5.41) is 8.61. The Labute approximate surface area is 202 Å². The van der Waals surface area contributed by atoms with Crippen LogP contribution in [0.15, 0.2) is 70.8 Å². The number of hydrazone groups is 1. The second-order valence-corrected chi connectivity index (χ2v) is 8.38. The van der Waals surface area contributed by atoms with Gasteiger partial charge in [0.05, 0.1) is 18.3 Å². The number of carbonyl (C=O) groups excluding carboxylic acids is 4. The van der Waals surface area contributed by atoms with Crippen molar-refractivity contribution >= 4 is 41.0 Å². The van der Waals surface area contributed by atoms with Crippen LogP contribution in [0.3, 0.4) is 0 Å². The van der Waals surface area contributed by atoms with E-state index in [1.807, 2.05) is 6.07 Å². The third-order valence-electron chi connectivity index (χ3n) is 4.69. The molecule has 3 aromatic rings. The SMILES string of the molecule is O=C(Cn1ncn(-c2ccccc2)c1=O)N/N=C\c1ccc(OC(=O)CC2SC(=O)NC2=O)cc1. The molecule has 0 saturated carbocycles. The van der Waals surface area contributed by atoms with Crippen LogP contribution in [0.25, 0.3) is 5.69 Å². The normalized spacial score (nSPS) is 15.3. The van der Waals surface area contributed by atoms with E-state index in [9.17, 15) is 24.0 Å². The minimum atomic E-state index is -0.798. The van der Waals surface area contributed by atoms with Gasteiger partial charge in [-0.25, -0.2) is 19.5 Å².